The summed E-state index contributed by atoms with van der Waals surface area (Å²) in [4.78, 5) is 8.45. The molecular weight excluding hydrogens is 318 g/mol. The van der Waals surface area contributed by atoms with Crippen LogP contribution in [-0.2, 0) is 0 Å². The Morgan fingerprint density at radius 1 is 0.846 bits per heavy atom. The van der Waals surface area contributed by atoms with E-state index in [-0.39, 0.29) is 0 Å². The largest absolute Gasteiger partial charge is 0.303 e. The minimum atomic E-state index is 0.357. The van der Waals surface area contributed by atoms with Crippen LogP contribution in [0.25, 0.3) is 0 Å². The van der Waals surface area contributed by atoms with Crippen molar-refractivity contribution in [3.63, 3.8) is 0 Å². The van der Waals surface area contributed by atoms with E-state index in [2.05, 4.69) is 49.3 Å². The topological polar surface area (TPSA) is 9.72 Å². The van der Waals surface area contributed by atoms with Gasteiger partial charge in [0.05, 0.1) is 0 Å². The molecule has 4 aliphatic heterocycles. The van der Waals surface area contributed by atoms with Gasteiger partial charge >= 0.3 is 0 Å². The maximum absolute atomic E-state index is 2.98. The molecule has 0 aliphatic carbocycles. The van der Waals surface area contributed by atoms with E-state index in [1.807, 2.05) is 0 Å². The van der Waals surface area contributed by atoms with Crippen LogP contribution >= 0.6 is 0 Å². The number of likely N-dealkylation sites (tertiary alicyclic amines) is 2. The van der Waals surface area contributed by atoms with Crippen LogP contribution < -0.4 is 0 Å². The van der Waals surface area contributed by atoms with E-state index in [9.17, 15) is 0 Å². The molecule has 0 N–H and O–H groups in total. The van der Waals surface area contributed by atoms with Gasteiger partial charge in [0.1, 0.15) is 0 Å². The highest BCUT2D eigenvalue weighted by Crippen LogP contribution is 2.42. The molecule has 26 heavy (non-hydrogen) atoms. The molecule has 0 spiro atoms. The van der Waals surface area contributed by atoms with Crippen LogP contribution in [0.5, 0.6) is 0 Å². The molecule has 3 nitrogen and oxygen atoms in total. The van der Waals surface area contributed by atoms with Gasteiger partial charge < -0.3 is 4.90 Å². The SMILES string of the molecule is CC(C)C1CCN(CC2CC3CCC(C2)N3C2CN(C(C)(C)C)C2)CC1. The zero-order valence-corrected chi connectivity index (χ0v) is 18.1. The fourth-order valence-corrected chi connectivity index (χ4v) is 6.43. The zero-order chi connectivity index (χ0) is 18.5. The Morgan fingerprint density at radius 3 is 1.92 bits per heavy atom. The van der Waals surface area contributed by atoms with Gasteiger partial charge in [-0.3, -0.25) is 9.80 Å². The maximum Gasteiger partial charge on any atom is 0.0356 e. The predicted molar refractivity (Wildman–Crippen MR) is 110 cm³/mol. The molecular formula is C23H43N3. The summed E-state index contributed by atoms with van der Waals surface area (Å²) in [6, 6.07) is 2.66. The lowest BCUT2D eigenvalue weighted by atomic mass is 9.84. The molecule has 0 radical (unpaired) electrons. The van der Waals surface area contributed by atoms with Crippen molar-refractivity contribution in [2.45, 2.75) is 96.8 Å². The van der Waals surface area contributed by atoms with Crippen molar-refractivity contribution in [2.75, 3.05) is 32.7 Å². The Kier molecular flexibility index (Phi) is 5.44. The van der Waals surface area contributed by atoms with Crippen LogP contribution in [0.4, 0.5) is 0 Å². The fraction of sp³-hybridized carbons (Fsp3) is 1.00. The van der Waals surface area contributed by atoms with E-state index in [1.165, 1.54) is 71.2 Å². The van der Waals surface area contributed by atoms with Gasteiger partial charge in [0, 0.05) is 43.3 Å². The molecule has 0 aromatic rings. The normalized spacial score (nSPS) is 36.0. The Bertz CT molecular complexity index is 454. The van der Waals surface area contributed by atoms with E-state index in [0.717, 1.165) is 35.9 Å². The first-order chi connectivity index (χ1) is 12.3. The molecule has 0 aromatic carbocycles. The summed E-state index contributed by atoms with van der Waals surface area (Å²) in [5.41, 5.74) is 0.357. The monoisotopic (exact) mass is 361 g/mol. The highest BCUT2D eigenvalue weighted by Gasteiger charge is 2.48. The summed E-state index contributed by atoms with van der Waals surface area (Å²) in [6.07, 6.45) is 8.78. The second kappa shape index (κ2) is 7.37. The number of rotatable bonds is 4. The molecule has 0 aromatic heterocycles. The maximum atomic E-state index is 2.98. The number of piperidine rings is 2. The first-order valence-electron chi connectivity index (χ1n) is 11.6. The smallest absolute Gasteiger partial charge is 0.0356 e. The minimum Gasteiger partial charge on any atom is -0.303 e. The van der Waals surface area contributed by atoms with Gasteiger partial charge in [-0.15, -0.1) is 0 Å². The third kappa shape index (κ3) is 3.86. The lowest BCUT2D eigenvalue weighted by Gasteiger charge is -2.55. The summed E-state index contributed by atoms with van der Waals surface area (Å²) in [7, 11) is 0. The van der Waals surface area contributed by atoms with E-state index in [0.29, 0.717) is 5.54 Å². The van der Waals surface area contributed by atoms with Crippen LogP contribution in [0.1, 0.15) is 73.1 Å². The van der Waals surface area contributed by atoms with Gasteiger partial charge in [-0.05, 0) is 90.1 Å². The van der Waals surface area contributed by atoms with Crippen molar-refractivity contribution < 1.29 is 0 Å². The van der Waals surface area contributed by atoms with Gasteiger partial charge in [-0.2, -0.15) is 0 Å². The lowest BCUT2D eigenvalue weighted by Crippen LogP contribution is -2.67. The summed E-state index contributed by atoms with van der Waals surface area (Å²) < 4.78 is 0. The summed E-state index contributed by atoms with van der Waals surface area (Å²) in [5.74, 6) is 2.83. The van der Waals surface area contributed by atoms with Gasteiger partial charge in [0.2, 0.25) is 0 Å². The average molecular weight is 362 g/mol. The molecule has 2 unspecified atom stereocenters. The fourth-order valence-electron chi connectivity index (χ4n) is 6.43. The molecule has 0 amide bonds. The number of hydrogen-bond donors (Lipinski definition) is 0. The van der Waals surface area contributed by atoms with Crippen LogP contribution in [0.3, 0.4) is 0 Å². The number of nitrogens with zero attached hydrogens (tertiary/aromatic N) is 3. The molecule has 4 saturated heterocycles. The Balaban J connectivity index is 1.25. The van der Waals surface area contributed by atoms with Gasteiger partial charge in [-0.1, -0.05) is 13.8 Å². The van der Waals surface area contributed by atoms with Crippen molar-refractivity contribution in [3.8, 4) is 0 Å². The summed E-state index contributed by atoms with van der Waals surface area (Å²) >= 11 is 0. The molecule has 2 bridgehead atoms. The highest BCUT2D eigenvalue weighted by molar-refractivity contribution is 5.04. The van der Waals surface area contributed by atoms with Crippen LogP contribution in [0.2, 0.25) is 0 Å². The second-order valence-corrected chi connectivity index (χ2v) is 11.3. The molecule has 4 aliphatic rings. The van der Waals surface area contributed by atoms with E-state index in [1.54, 1.807) is 0 Å². The molecule has 4 heterocycles. The van der Waals surface area contributed by atoms with Crippen molar-refractivity contribution in [1.82, 2.24) is 14.7 Å². The molecule has 3 heteroatoms. The van der Waals surface area contributed by atoms with E-state index in [4.69, 9.17) is 0 Å². The Hall–Kier alpha value is -0.120. The van der Waals surface area contributed by atoms with Gasteiger partial charge in [0.15, 0.2) is 0 Å². The molecule has 0 saturated carbocycles. The Morgan fingerprint density at radius 2 is 1.42 bits per heavy atom. The molecule has 4 fully saturated rings. The van der Waals surface area contributed by atoms with Gasteiger partial charge in [0.25, 0.3) is 0 Å². The third-order valence-corrected chi connectivity index (χ3v) is 8.21. The predicted octanol–water partition coefficient (Wildman–Crippen LogP) is 4.08. The first kappa shape index (κ1) is 19.2. The highest BCUT2D eigenvalue weighted by atomic mass is 15.4. The quantitative estimate of drug-likeness (QED) is 0.747. The standard InChI is InChI=1S/C23H43N3/c1-17(2)19-8-10-24(11-9-19)14-18-12-20-6-7-21(13-18)26(20)22-15-25(16-22)23(3,4)5/h17-22H,6-16H2,1-5H3. The number of fused-ring (bicyclic) bond motifs is 2. The van der Waals surface area contributed by atoms with E-state index >= 15 is 0 Å². The Labute approximate surface area is 162 Å². The van der Waals surface area contributed by atoms with Crippen LogP contribution in [-0.4, -0.2) is 71.1 Å². The second-order valence-electron chi connectivity index (χ2n) is 11.3. The zero-order valence-electron chi connectivity index (χ0n) is 18.1. The molecule has 150 valence electrons. The van der Waals surface area contributed by atoms with Crippen molar-refractivity contribution in [3.05, 3.63) is 0 Å². The van der Waals surface area contributed by atoms with Crippen molar-refractivity contribution >= 4 is 0 Å². The van der Waals surface area contributed by atoms with E-state index < -0.39 is 0 Å². The van der Waals surface area contributed by atoms with Crippen LogP contribution in [0, 0.1) is 17.8 Å². The lowest BCUT2D eigenvalue weighted by molar-refractivity contribution is -0.0615. The summed E-state index contributed by atoms with van der Waals surface area (Å²) in [6.45, 7) is 18.7. The average Bonchev–Trinajstić information content (AvgIpc) is 2.76. The van der Waals surface area contributed by atoms with Crippen molar-refractivity contribution in [2.24, 2.45) is 17.8 Å². The summed E-state index contributed by atoms with van der Waals surface area (Å²) in [5, 5.41) is 0. The van der Waals surface area contributed by atoms with Gasteiger partial charge in [-0.25, -0.2) is 0 Å². The first-order valence-corrected chi connectivity index (χ1v) is 11.6. The van der Waals surface area contributed by atoms with Crippen molar-refractivity contribution in [1.29, 1.82) is 0 Å². The molecule has 2 atom stereocenters. The molecule has 4 rings (SSSR count). The number of hydrogen-bond acceptors (Lipinski definition) is 3. The third-order valence-electron chi connectivity index (χ3n) is 8.21. The minimum absolute atomic E-state index is 0.357. The van der Waals surface area contributed by atoms with Crippen LogP contribution in [0.15, 0.2) is 0 Å².